The molecule has 0 radical (unpaired) electrons. The third kappa shape index (κ3) is 5.77. The first-order chi connectivity index (χ1) is 14.0. The second-order valence-corrected chi connectivity index (χ2v) is 7.55. The number of hydrogen-bond donors (Lipinski definition) is 2. The lowest BCUT2D eigenvalue weighted by Crippen LogP contribution is -3.14. The predicted molar refractivity (Wildman–Crippen MR) is 108 cm³/mol. The second-order valence-electron chi connectivity index (χ2n) is 7.14. The van der Waals surface area contributed by atoms with Gasteiger partial charge in [-0.3, -0.25) is 9.59 Å². The number of aromatic nitrogens is 2. The van der Waals surface area contributed by atoms with Crippen molar-refractivity contribution >= 4 is 23.4 Å². The first-order valence-electron chi connectivity index (χ1n) is 9.98. The van der Waals surface area contributed by atoms with Crippen LogP contribution in [0.3, 0.4) is 0 Å². The summed E-state index contributed by atoms with van der Waals surface area (Å²) in [6.45, 7) is 5.93. The van der Waals surface area contributed by atoms with Gasteiger partial charge >= 0.3 is 0 Å². The number of carbonyl (C=O) groups excluding carboxylic acids is 2. The van der Waals surface area contributed by atoms with E-state index < -0.39 is 0 Å². The summed E-state index contributed by atoms with van der Waals surface area (Å²) < 4.78 is 5.77. The molecule has 1 saturated carbocycles. The van der Waals surface area contributed by atoms with Gasteiger partial charge in [0.1, 0.15) is 0 Å². The minimum atomic E-state index is -0.0450. The predicted octanol–water partition coefficient (Wildman–Crippen LogP) is 0.922. The molecule has 2 aromatic rings. The maximum Gasteiger partial charge on any atom is 0.278 e. The lowest BCUT2D eigenvalue weighted by atomic mass is 10.2. The van der Waals surface area contributed by atoms with Gasteiger partial charge < -0.3 is 19.5 Å². The molecule has 1 heterocycles. The van der Waals surface area contributed by atoms with Crippen molar-refractivity contribution in [3.05, 3.63) is 35.2 Å². The van der Waals surface area contributed by atoms with Crippen LogP contribution in [0.1, 0.15) is 32.6 Å². The molecular formula is C20H27ClN5O3+. The summed E-state index contributed by atoms with van der Waals surface area (Å²) in [5.41, 5.74) is 0.667. The standard InChI is InChI=1S/C20H26ClN5O3/c1-3-22-17(27)11-25(4-2)13-19(28)26(14-9-10-14)12-18-23-24-20(29-18)15-7-5-6-8-16(15)21/h5-8,14H,3-4,9-13H2,1-2H3,(H,22,27)/p+1. The van der Waals surface area contributed by atoms with Gasteiger partial charge in [0.05, 0.1) is 23.7 Å². The number of hydrogen-bond acceptors (Lipinski definition) is 5. The molecule has 3 rings (SSSR count). The Kier molecular flexibility index (Phi) is 7.22. The van der Waals surface area contributed by atoms with Crippen molar-refractivity contribution in [1.82, 2.24) is 20.4 Å². The Bertz CT molecular complexity index is 852. The van der Waals surface area contributed by atoms with Crippen LogP contribution in [0.25, 0.3) is 11.5 Å². The Morgan fingerprint density at radius 1 is 1.24 bits per heavy atom. The van der Waals surface area contributed by atoms with Crippen molar-refractivity contribution in [3.63, 3.8) is 0 Å². The third-order valence-corrected chi connectivity index (χ3v) is 5.20. The zero-order chi connectivity index (χ0) is 20.8. The topological polar surface area (TPSA) is 92.8 Å². The van der Waals surface area contributed by atoms with E-state index in [1.807, 2.05) is 32.0 Å². The highest BCUT2D eigenvalue weighted by Gasteiger charge is 2.35. The fourth-order valence-electron chi connectivity index (χ4n) is 3.13. The molecule has 9 heteroatoms. The number of nitrogens with zero attached hydrogens (tertiary/aromatic N) is 3. The van der Waals surface area contributed by atoms with E-state index in [1.165, 1.54) is 0 Å². The number of nitrogens with one attached hydrogen (secondary N) is 2. The molecule has 0 bridgehead atoms. The van der Waals surface area contributed by atoms with Crippen molar-refractivity contribution < 1.29 is 18.9 Å². The van der Waals surface area contributed by atoms with E-state index in [9.17, 15) is 9.59 Å². The maximum absolute atomic E-state index is 12.9. The number of rotatable bonds is 10. The van der Waals surface area contributed by atoms with Gasteiger partial charge in [0.25, 0.3) is 11.8 Å². The quantitative estimate of drug-likeness (QED) is 0.596. The summed E-state index contributed by atoms with van der Waals surface area (Å²) in [5.74, 6) is 0.662. The molecule has 0 spiro atoms. The van der Waals surface area contributed by atoms with Gasteiger partial charge in [-0.2, -0.15) is 0 Å². The Balaban J connectivity index is 1.65. The van der Waals surface area contributed by atoms with Gasteiger partial charge in [0.2, 0.25) is 11.8 Å². The van der Waals surface area contributed by atoms with E-state index >= 15 is 0 Å². The highest BCUT2D eigenvalue weighted by Crippen LogP contribution is 2.30. The van der Waals surface area contributed by atoms with Gasteiger partial charge in [-0.1, -0.05) is 23.7 Å². The first-order valence-corrected chi connectivity index (χ1v) is 10.4. The fourth-order valence-corrected chi connectivity index (χ4v) is 3.35. The van der Waals surface area contributed by atoms with E-state index in [4.69, 9.17) is 16.0 Å². The van der Waals surface area contributed by atoms with Gasteiger partial charge in [0, 0.05) is 12.6 Å². The molecule has 1 unspecified atom stereocenters. The SMILES string of the molecule is CCNC(=O)C[NH+](CC)CC(=O)N(Cc1nnc(-c2ccccc2Cl)o1)C1CC1. The average Bonchev–Trinajstić information content (AvgIpc) is 3.44. The highest BCUT2D eigenvalue weighted by atomic mass is 35.5. The molecule has 1 fully saturated rings. The van der Waals surface area contributed by atoms with Crippen LogP contribution < -0.4 is 10.2 Å². The summed E-state index contributed by atoms with van der Waals surface area (Å²) in [6.07, 6.45) is 1.93. The van der Waals surface area contributed by atoms with Gasteiger partial charge in [-0.25, -0.2) is 0 Å². The Morgan fingerprint density at radius 2 is 2.00 bits per heavy atom. The van der Waals surface area contributed by atoms with Crippen molar-refractivity contribution in [1.29, 1.82) is 0 Å². The number of likely N-dealkylation sites (N-methyl/N-ethyl adjacent to an activating group) is 2. The van der Waals surface area contributed by atoms with Crippen molar-refractivity contribution in [2.24, 2.45) is 0 Å². The third-order valence-electron chi connectivity index (χ3n) is 4.87. The molecule has 1 aliphatic rings. The lowest BCUT2D eigenvalue weighted by Gasteiger charge is -2.23. The van der Waals surface area contributed by atoms with Crippen LogP contribution in [0.5, 0.6) is 0 Å². The van der Waals surface area contributed by atoms with E-state index in [0.717, 1.165) is 17.7 Å². The van der Waals surface area contributed by atoms with Gasteiger partial charge in [-0.05, 0) is 38.8 Å². The van der Waals surface area contributed by atoms with Crippen LogP contribution in [0.2, 0.25) is 5.02 Å². The summed E-state index contributed by atoms with van der Waals surface area (Å²) in [5, 5.41) is 11.5. The van der Waals surface area contributed by atoms with Crippen molar-refractivity contribution in [2.75, 3.05) is 26.2 Å². The second kappa shape index (κ2) is 9.84. The fraction of sp³-hybridized carbons (Fsp3) is 0.500. The molecule has 1 aromatic carbocycles. The largest absolute Gasteiger partial charge is 0.419 e. The molecule has 0 saturated heterocycles. The molecule has 0 aliphatic heterocycles. The zero-order valence-electron chi connectivity index (χ0n) is 16.8. The monoisotopic (exact) mass is 420 g/mol. The summed E-state index contributed by atoms with van der Waals surface area (Å²) in [7, 11) is 0. The Labute approximate surface area is 175 Å². The van der Waals surface area contributed by atoms with Crippen LogP contribution in [-0.4, -0.2) is 59.1 Å². The van der Waals surface area contributed by atoms with Crippen LogP contribution in [0.4, 0.5) is 0 Å². The van der Waals surface area contributed by atoms with Gasteiger partial charge in [0.15, 0.2) is 13.1 Å². The molecule has 1 aromatic heterocycles. The molecule has 29 heavy (non-hydrogen) atoms. The first kappa shape index (κ1) is 21.3. The minimum absolute atomic E-state index is 0.00820. The number of carbonyl (C=O) groups is 2. The number of amides is 2. The molecule has 8 nitrogen and oxygen atoms in total. The number of quaternary nitrogens is 1. The van der Waals surface area contributed by atoms with E-state index in [1.54, 1.807) is 11.0 Å². The summed E-state index contributed by atoms with van der Waals surface area (Å²) >= 11 is 6.19. The molecule has 1 aliphatic carbocycles. The van der Waals surface area contributed by atoms with E-state index in [0.29, 0.717) is 35.5 Å². The molecule has 2 N–H and O–H groups in total. The summed E-state index contributed by atoms with van der Waals surface area (Å²) in [4.78, 5) is 27.5. The number of halogens is 1. The molecule has 1 atom stereocenters. The van der Waals surface area contributed by atoms with Gasteiger partial charge in [-0.15, -0.1) is 10.2 Å². The minimum Gasteiger partial charge on any atom is -0.419 e. The lowest BCUT2D eigenvalue weighted by molar-refractivity contribution is -0.882. The van der Waals surface area contributed by atoms with Crippen LogP contribution in [0.15, 0.2) is 28.7 Å². The van der Waals surface area contributed by atoms with Crippen molar-refractivity contribution in [3.8, 4) is 11.5 Å². The molecule has 156 valence electrons. The van der Waals surface area contributed by atoms with E-state index in [-0.39, 0.29) is 37.5 Å². The Morgan fingerprint density at radius 3 is 2.66 bits per heavy atom. The van der Waals surface area contributed by atoms with Crippen LogP contribution in [0, 0.1) is 0 Å². The maximum atomic E-state index is 12.9. The van der Waals surface area contributed by atoms with Crippen LogP contribution in [-0.2, 0) is 16.1 Å². The zero-order valence-corrected chi connectivity index (χ0v) is 17.5. The van der Waals surface area contributed by atoms with E-state index in [2.05, 4.69) is 15.5 Å². The number of benzene rings is 1. The average molecular weight is 421 g/mol. The van der Waals surface area contributed by atoms with Crippen molar-refractivity contribution in [2.45, 2.75) is 39.3 Å². The highest BCUT2D eigenvalue weighted by molar-refractivity contribution is 6.33. The summed E-state index contributed by atoms with van der Waals surface area (Å²) in [6, 6.07) is 7.45. The molecular weight excluding hydrogens is 394 g/mol. The van der Waals surface area contributed by atoms with Crippen LogP contribution >= 0.6 is 11.6 Å². The normalized spacial score (nSPS) is 14.4. The Hall–Kier alpha value is -2.45. The smallest absolute Gasteiger partial charge is 0.278 e. The molecule has 2 amide bonds.